The second-order valence-electron chi connectivity index (χ2n) is 6.08. The molecule has 0 unspecified atom stereocenters. The summed E-state index contributed by atoms with van der Waals surface area (Å²) in [7, 11) is 0. The van der Waals surface area contributed by atoms with Crippen LogP contribution in [0.2, 0.25) is 0 Å². The maximum Gasteiger partial charge on any atom is 0.231 e. The summed E-state index contributed by atoms with van der Waals surface area (Å²) in [5.41, 5.74) is 10.5. The van der Waals surface area contributed by atoms with Crippen LogP contribution in [0.25, 0.3) is 11.1 Å². The number of hydrogen-bond donors (Lipinski definition) is 1. The third-order valence-electron chi connectivity index (χ3n) is 4.66. The molecule has 0 saturated carbocycles. The summed E-state index contributed by atoms with van der Waals surface area (Å²) in [6.45, 7) is 2.40. The van der Waals surface area contributed by atoms with Gasteiger partial charge in [-0.3, -0.25) is 0 Å². The van der Waals surface area contributed by atoms with Crippen molar-refractivity contribution in [1.82, 2.24) is 4.98 Å². The van der Waals surface area contributed by atoms with Crippen LogP contribution in [-0.2, 0) is 6.42 Å². The van der Waals surface area contributed by atoms with Crippen LogP contribution in [0, 0.1) is 11.3 Å². The number of pyridine rings is 1. The molecule has 1 atom stereocenters. The first kappa shape index (κ1) is 13.9. The molecule has 4 rings (SSSR count). The highest BCUT2D eigenvalue weighted by atomic mass is 16.7. The van der Waals surface area contributed by atoms with Gasteiger partial charge in [0.2, 0.25) is 6.79 Å². The molecule has 2 aliphatic rings. The van der Waals surface area contributed by atoms with Crippen LogP contribution >= 0.6 is 0 Å². The lowest BCUT2D eigenvalue weighted by Crippen LogP contribution is -2.14. The van der Waals surface area contributed by atoms with E-state index in [4.69, 9.17) is 15.2 Å². The largest absolute Gasteiger partial charge is 0.454 e. The topological polar surface area (TPSA) is 81.2 Å². The minimum absolute atomic E-state index is 0.234. The Bertz CT molecular complexity index is 839. The van der Waals surface area contributed by atoms with E-state index >= 15 is 0 Å². The molecule has 2 aromatic rings. The summed E-state index contributed by atoms with van der Waals surface area (Å²) in [5.74, 6) is 2.12. The van der Waals surface area contributed by atoms with Crippen molar-refractivity contribution in [3.8, 4) is 28.7 Å². The van der Waals surface area contributed by atoms with Crippen LogP contribution in [0.3, 0.4) is 0 Å². The number of nitriles is 1. The molecule has 0 spiro atoms. The van der Waals surface area contributed by atoms with Gasteiger partial charge < -0.3 is 15.2 Å². The summed E-state index contributed by atoms with van der Waals surface area (Å²) in [6, 6.07) is 8.01. The normalized spacial score (nSPS) is 18.3. The highest BCUT2D eigenvalue weighted by molar-refractivity contribution is 5.81. The standard InChI is InChI=1S/C18H17N3O2/c1-10-3-2-4-12-16(13(8-19)18(20)21-17(10)12)11-5-6-14-15(7-11)23-9-22-14/h5-7,10H,2-4,9H2,1H3,(H2,20,21)/t10-/m0/s1. The predicted molar refractivity (Wildman–Crippen MR) is 86.3 cm³/mol. The maximum absolute atomic E-state index is 9.60. The number of anilines is 1. The van der Waals surface area contributed by atoms with Gasteiger partial charge in [0.25, 0.3) is 0 Å². The van der Waals surface area contributed by atoms with Crippen LogP contribution in [0.4, 0.5) is 5.82 Å². The molecule has 116 valence electrons. The van der Waals surface area contributed by atoms with Gasteiger partial charge in [-0.2, -0.15) is 5.26 Å². The highest BCUT2D eigenvalue weighted by Gasteiger charge is 2.26. The Hall–Kier alpha value is -2.74. The first-order valence-electron chi connectivity index (χ1n) is 7.81. The van der Waals surface area contributed by atoms with E-state index in [1.54, 1.807) is 0 Å². The Morgan fingerprint density at radius 3 is 2.96 bits per heavy atom. The summed E-state index contributed by atoms with van der Waals surface area (Å²) in [5, 5.41) is 9.60. The average Bonchev–Trinajstić information content (AvgIpc) is 3.02. The second kappa shape index (κ2) is 5.17. The number of hydrogen-bond acceptors (Lipinski definition) is 5. The lowest BCUT2D eigenvalue weighted by molar-refractivity contribution is 0.174. The molecule has 2 N–H and O–H groups in total. The van der Waals surface area contributed by atoms with Crippen molar-refractivity contribution in [2.75, 3.05) is 12.5 Å². The van der Waals surface area contributed by atoms with E-state index in [-0.39, 0.29) is 6.79 Å². The molecule has 23 heavy (non-hydrogen) atoms. The number of ether oxygens (including phenoxy) is 2. The molecule has 1 aliphatic carbocycles. The molecule has 5 heteroatoms. The molecule has 1 aromatic carbocycles. The Labute approximate surface area is 134 Å². The van der Waals surface area contributed by atoms with Crippen LogP contribution in [-0.4, -0.2) is 11.8 Å². The quantitative estimate of drug-likeness (QED) is 0.873. The van der Waals surface area contributed by atoms with Crippen LogP contribution in [0.15, 0.2) is 18.2 Å². The monoisotopic (exact) mass is 307 g/mol. The molecule has 0 fully saturated rings. The first-order chi connectivity index (χ1) is 11.2. The van der Waals surface area contributed by atoms with E-state index in [9.17, 15) is 5.26 Å². The van der Waals surface area contributed by atoms with Crippen molar-refractivity contribution < 1.29 is 9.47 Å². The fraction of sp³-hybridized carbons (Fsp3) is 0.333. The molecule has 1 aliphatic heterocycles. The van der Waals surface area contributed by atoms with Crippen molar-refractivity contribution in [3.05, 3.63) is 35.0 Å². The first-order valence-corrected chi connectivity index (χ1v) is 7.81. The van der Waals surface area contributed by atoms with Crippen LogP contribution in [0.1, 0.15) is 42.5 Å². The van der Waals surface area contributed by atoms with Gasteiger partial charge in [-0.1, -0.05) is 13.0 Å². The number of rotatable bonds is 1. The van der Waals surface area contributed by atoms with Gasteiger partial charge in [-0.15, -0.1) is 0 Å². The number of nitrogens with two attached hydrogens (primary N) is 1. The number of benzene rings is 1. The van der Waals surface area contributed by atoms with Gasteiger partial charge >= 0.3 is 0 Å². The molecule has 0 saturated heterocycles. The van der Waals surface area contributed by atoms with Crippen LogP contribution in [0.5, 0.6) is 11.5 Å². The third-order valence-corrected chi connectivity index (χ3v) is 4.66. The Morgan fingerprint density at radius 2 is 2.13 bits per heavy atom. The van der Waals surface area contributed by atoms with E-state index in [1.807, 2.05) is 18.2 Å². The molecular formula is C18H17N3O2. The van der Waals surface area contributed by atoms with E-state index in [0.29, 0.717) is 23.0 Å². The van der Waals surface area contributed by atoms with E-state index in [1.165, 1.54) is 0 Å². The van der Waals surface area contributed by atoms with E-state index in [2.05, 4.69) is 18.0 Å². The molecular weight excluding hydrogens is 290 g/mol. The zero-order valence-electron chi connectivity index (χ0n) is 12.9. The minimum Gasteiger partial charge on any atom is -0.454 e. The van der Waals surface area contributed by atoms with Gasteiger partial charge in [-0.25, -0.2) is 4.98 Å². The smallest absolute Gasteiger partial charge is 0.231 e. The van der Waals surface area contributed by atoms with Crippen molar-refractivity contribution in [3.63, 3.8) is 0 Å². The summed E-state index contributed by atoms with van der Waals surface area (Å²) < 4.78 is 10.9. The van der Waals surface area contributed by atoms with E-state index < -0.39 is 0 Å². The Morgan fingerprint density at radius 1 is 1.30 bits per heavy atom. The molecule has 1 aromatic heterocycles. The van der Waals surface area contributed by atoms with Gasteiger partial charge in [0.05, 0.1) is 0 Å². The van der Waals surface area contributed by atoms with Crippen molar-refractivity contribution in [2.45, 2.75) is 32.1 Å². The molecule has 5 nitrogen and oxygen atoms in total. The summed E-state index contributed by atoms with van der Waals surface area (Å²) >= 11 is 0. The fourth-order valence-electron chi connectivity index (χ4n) is 3.53. The van der Waals surface area contributed by atoms with Gasteiger partial charge in [0, 0.05) is 11.3 Å². The fourth-order valence-corrected chi connectivity index (χ4v) is 3.53. The zero-order chi connectivity index (χ0) is 16.0. The number of nitrogens with zero attached hydrogens (tertiary/aromatic N) is 2. The molecule has 0 radical (unpaired) electrons. The Kier molecular flexibility index (Phi) is 3.12. The number of aromatic nitrogens is 1. The van der Waals surface area contributed by atoms with Crippen molar-refractivity contribution >= 4 is 5.82 Å². The van der Waals surface area contributed by atoms with Gasteiger partial charge in [0.15, 0.2) is 11.5 Å². The minimum atomic E-state index is 0.234. The number of fused-ring (bicyclic) bond motifs is 2. The third kappa shape index (κ3) is 2.10. The molecule has 0 bridgehead atoms. The number of nitrogen functional groups attached to an aromatic ring is 1. The van der Waals surface area contributed by atoms with Gasteiger partial charge in [0.1, 0.15) is 17.5 Å². The van der Waals surface area contributed by atoms with Crippen molar-refractivity contribution in [2.24, 2.45) is 0 Å². The summed E-state index contributed by atoms with van der Waals surface area (Å²) in [6.07, 6.45) is 3.12. The van der Waals surface area contributed by atoms with Gasteiger partial charge in [-0.05, 0) is 48.4 Å². The highest BCUT2D eigenvalue weighted by Crippen LogP contribution is 2.42. The second-order valence-corrected chi connectivity index (χ2v) is 6.08. The predicted octanol–water partition coefficient (Wildman–Crippen LogP) is 3.37. The zero-order valence-corrected chi connectivity index (χ0v) is 12.9. The lowest BCUT2D eigenvalue weighted by Gasteiger charge is -2.25. The maximum atomic E-state index is 9.60. The SMILES string of the molecule is C[C@H]1CCCc2c1nc(N)c(C#N)c2-c1ccc2c(c1)OCO2. The Balaban J connectivity index is 1.98. The summed E-state index contributed by atoms with van der Waals surface area (Å²) in [4.78, 5) is 4.52. The molecule has 2 heterocycles. The lowest BCUT2D eigenvalue weighted by atomic mass is 9.82. The van der Waals surface area contributed by atoms with Crippen molar-refractivity contribution in [1.29, 1.82) is 5.26 Å². The average molecular weight is 307 g/mol. The molecule has 0 amide bonds. The van der Waals surface area contributed by atoms with Crippen LogP contribution < -0.4 is 15.2 Å². The van der Waals surface area contributed by atoms with E-state index in [0.717, 1.165) is 47.4 Å².